The van der Waals surface area contributed by atoms with E-state index < -0.39 is 4.33 Å². The first-order valence-electron chi connectivity index (χ1n) is 11.2. The lowest BCUT2D eigenvalue weighted by atomic mass is 10.0. The molecular weight excluding hydrogens is 485 g/mol. The molecule has 2 unspecified atom stereocenters. The molecule has 0 bridgehead atoms. The summed E-state index contributed by atoms with van der Waals surface area (Å²) >= 11 is 19.8. The third-order valence-corrected chi connectivity index (χ3v) is 7.45. The standard InChI is InChI=1S/C28H28Cl3N3/c1-5-19-6-8-20(9-7-19)17(3)34-25-15-23(10-11-24(25)29)33-18(4)26-27(28(26,30)31)21-12-16(2)13-22(32)14-21/h6-15,26-27,33-34H,3-5,32H2,1-2H3. The molecule has 2 atom stereocenters. The lowest BCUT2D eigenvalue weighted by molar-refractivity contribution is 0.946. The molecule has 1 aliphatic carbocycles. The molecule has 3 nitrogen and oxygen atoms in total. The Morgan fingerprint density at radius 1 is 1.00 bits per heavy atom. The summed E-state index contributed by atoms with van der Waals surface area (Å²) in [5.41, 5.74) is 14.2. The molecule has 1 saturated carbocycles. The maximum absolute atomic E-state index is 6.67. The smallest absolute Gasteiger partial charge is 0.134 e. The van der Waals surface area contributed by atoms with Crippen LogP contribution in [0.15, 0.2) is 79.5 Å². The predicted molar refractivity (Wildman–Crippen MR) is 149 cm³/mol. The number of nitrogens with two attached hydrogens (primary N) is 1. The Hall–Kier alpha value is -2.59. The summed E-state index contributed by atoms with van der Waals surface area (Å²) in [6.45, 7) is 12.5. The van der Waals surface area contributed by atoms with Gasteiger partial charge >= 0.3 is 0 Å². The summed E-state index contributed by atoms with van der Waals surface area (Å²) in [7, 11) is 0. The van der Waals surface area contributed by atoms with Gasteiger partial charge in [0.05, 0.1) is 10.7 Å². The summed E-state index contributed by atoms with van der Waals surface area (Å²) in [6.07, 6.45) is 0.995. The van der Waals surface area contributed by atoms with Crippen molar-refractivity contribution in [2.45, 2.75) is 30.5 Å². The number of rotatable bonds is 8. The number of benzene rings is 3. The second kappa shape index (κ2) is 9.58. The van der Waals surface area contributed by atoms with Crippen LogP contribution in [0.25, 0.3) is 5.70 Å². The van der Waals surface area contributed by atoms with Gasteiger partial charge in [-0.15, -0.1) is 23.2 Å². The highest BCUT2D eigenvalue weighted by atomic mass is 35.5. The number of alkyl halides is 2. The highest BCUT2D eigenvalue weighted by molar-refractivity contribution is 6.52. The van der Waals surface area contributed by atoms with E-state index in [-0.39, 0.29) is 11.8 Å². The van der Waals surface area contributed by atoms with Crippen molar-refractivity contribution in [1.82, 2.24) is 0 Å². The van der Waals surface area contributed by atoms with Crippen molar-refractivity contribution in [3.63, 3.8) is 0 Å². The maximum atomic E-state index is 6.67. The van der Waals surface area contributed by atoms with E-state index in [4.69, 9.17) is 40.5 Å². The minimum Gasteiger partial charge on any atom is -0.399 e. The van der Waals surface area contributed by atoms with Crippen LogP contribution in [0.1, 0.15) is 35.1 Å². The number of nitrogens with one attached hydrogen (secondary N) is 2. The molecule has 34 heavy (non-hydrogen) atoms. The van der Waals surface area contributed by atoms with Crippen LogP contribution in [0.4, 0.5) is 17.1 Å². The number of allylic oxidation sites excluding steroid dienone is 1. The maximum Gasteiger partial charge on any atom is 0.134 e. The van der Waals surface area contributed by atoms with Crippen molar-refractivity contribution in [2.75, 3.05) is 16.4 Å². The largest absolute Gasteiger partial charge is 0.399 e. The molecule has 3 aromatic carbocycles. The Kier molecular flexibility index (Phi) is 6.91. The van der Waals surface area contributed by atoms with Gasteiger partial charge in [0.15, 0.2) is 0 Å². The zero-order valence-electron chi connectivity index (χ0n) is 19.3. The fourth-order valence-corrected chi connectivity index (χ4v) is 5.39. The lowest BCUT2D eigenvalue weighted by Crippen LogP contribution is -2.05. The van der Waals surface area contributed by atoms with E-state index >= 15 is 0 Å². The van der Waals surface area contributed by atoms with Gasteiger partial charge in [-0.05, 0) is 65.9 Å². The normalized spacial score (nSPS) is 18.3. The van der Waals surface area contributed by atoms with Crippen LogP contribution in [0.5, 0.6) is 0 Å². The molecule has 0 heterocycles. The Labute approximate surface area is 216 Å². The number of hydrogen-bond donors (Lipinski definition) is 3. The lowest BCUT2D eigenvalue weighted by Gasteiger charge is -2.15. The van der Waals surface area contributed by atoms with Crippen molar-refractivity contribution in [2.24, 2.45) is 5.92 Å². The molecule has 1 fully saturated rings. The molecule has 0 saturated heterocycles. The first kappa shape index (κ1) is 24.5. The van der Waals surface area contributed by atoms with E-state index in [2.05, 4.69) is 61.0 Å². The predicted octanol–water partition coefficient (Wildman–Crippen LogP) is 8.39. The minimum atomic E-state index is -0.948. The van der Waals surface area contributed by atoms with Crippen LogP contribution in [0.3, 0.4) is 0 Å². The molecule has 176 valence electrons. The van der Waals surface area contributed by atoms with Gasteiger partial charge in [0.1, 0.15) is 4.33 Å². The number of anilines is 3. The van der Waals surface area contributed by atoms with Gasteiger partial charge < -0.3 is 16.4 Å². The topological polar surface area (TPSA) is 50.1 Å². The van der Waals surface area contributed by atoms with Gasteiger partial charge in [-0.25, -0.2) is 0 Å². The van der Waals surface area contributed by atoms with Gasteiger partial charge in [-0.3, -0.25) is 0 Å². The number of hydrogen-bond acceptors (Lipinski definition) is 3. The third-order valence-electron chi connectivity index (χ3n) is 6.18. The molecule has 0 amide bonds. The fourth-order valence-electron chi connectivity index (χ4n) is 4.34. The summed E-state index contributed by atoms with van der Waals surface area (Å²) in [6, 6.07) is 19.9. The summed E-state index contributed by atoms with van der Waals surface area (Å²) in [5.74, 6) is -0.245. The number of halogens is 3. The first-order valence-corrected chi connectivity index (χ1v) is 12.3. The van der Waals surface area contributed by atoms with Crippen molar-refractivity contribution in [1.29, 1.82) is 0 Å². The average molecular weight is 513 g/mol. The van der Waals surface area contributed by atoms with Crippen molar-refractivity contribution in [3.8, 4) is 0 Å². The molecule has 0 spiro atoms. The van der Waals surface area contributed by atoms with Gasteiger partial charge in [0.25, 0.3) is 0 Å². The van der Waals surface area contributed by atoms with Crippen LogP contribution >= 0.6 is 34.8 Å². The van der Waals surface area contributed by atoms with Crippen LogP contribution in [0, 0.1) is 12.8 Å². The molecule has 0 aliphatic heterocycles. The Morgan fingerprint density at radius 2 is 1.71 bits per heavy atom. The number of aryl methyl sites for hydroxylation is 2. The van der Waals surface area contributed by atoms with Crippen LogP contribution in [0.2, 0.25) is 5.02 Å². The van der Waals surface area contributed by atoms with E-state index in [0.29, 0.717) is 10.7 Å². The molecule has 0 aromatic heterocycles. The van der Waals surface area contributed by atoms with Crippen LogP contribution in [-0.4, -0.2) is 4.33 Å². The summed E-state index contributed by atoms with van der Waals surface area (Å²) in [4.78, 5) is 0. The van der Waals surface area contributed by atoms with Crippen molar-refractivity contribution in [3.05, 3.63) is 107 Å². The zero-order chi connectivity index (χ0) is 24.6. The van der Waals surface area contributed by atoms with Gasteiger partial charge in [0.2, 0.25) is 0 Å². The number of nitrogen functional groups attached to an aromatic ring is 1. The van der Waals surface area contributed by atoms with E-state index in [1.54, 1.807) is 0 Å². The van der Waals surface area contributed by atoms with Gasteiger partial charge in [-0.1, -0.05) is 62.0 Å². The Morgan fingerprint density at radius 3 is 2.35 bits per heavy atom. The monoisotopic (exact) mass is 511 g/mol. The van der Waals surface area contributed by atoms with Crippen LogP contribution < -0.4 is 16.4 Å². The van der Waals surface area contributed by atoms with Crippen molar-refractivity contribution < 1.29 is 0 Å². The average Bonchev–Trinajstić information content (AvgIpc) is 3.37. The Bertz CT molecular complexity index is 1230. The summed E-state index contributed by atoms with van der Waals surface area (Å²) < 4.78 is -0.948. The van der Waals surface area contributed by atoms with Gasteiger partial charge in [0, 0.05) is 34.6 Å². The third kappa shape index (κ3) is 5.07. The highest BCUT2D eigenvalue weighted by Crippen LogP contribution is 2.67. The molecule has 1 aliphatic rings. The first-order chi connectivity index (χ1) is 16.1. The highest BCUT2D eigenvalue weighted by Gasteiger charge is 2.65. The minimum absolute atomic E-state index is 0.0891. The molecule has 4 rings (SSSR count). The molecule has 4 N–H and O–H groups in total. The Balaban J connectivity index is 1.48. The van der Waals surface area contributed by atoms with Crippen LogP contribution in [-0.2, 0) is 6.42 Å². The van der Waals surface area contributed by atoms with E-state index in [1.807, 2.05) is 37.3 Å². The molecule has 3 aromatic rings. The molecular formula is C28H28Cl3N3. The molecule has 0 radical (unpaired) electrons. The van der Waals surface area contributed by atoms with E-state index in [1.165, 1.54) is 5.56 Å². The van der Waals surface area contributed by atoms with Crippen molar-refractivity contribution >= 4 is 57.6 Å². The second-order valence-electron chi connectivity index (χ2n) is 8.81. The SMILES string of the molecule is C=C(Nc1cc(NC(=C)C2C(c3cc(C)cc(N)c3)C2(Cl)Cl)ccc1Cl)c1ccc(CC)cc1. The summed E-state index contributed by atoms with van der Waals surface area (Å²) in [5, 5.41) is 7.27. The van der Waals surface area contributed by atoms with Gasteiger partial charge in [-0.2, -0.15) is 0 Å². The quantitative estimate of drug-likeness (QED) is 0.210. The fraction of sp³-hybridized carbons (Fsp3) is 0.214. The van der Waals surface area contributed by atoms with E-state index in [9.17, 15) is 0 Å². The second-order valence-corrected chi connectivity index (χ2v) is 10.7. The van der Waals surface area contributed by atoms with E-state index in [0.717, 1.165) is 45.9 Å². The zero-order valence-corrected chi connectivity index (χ0v) is 21.5. The molecule has 6 heteroatoms.